The molecule has 2 heterocycles. The van der Waals surface area contributed by atoms with Crippen LogP contribution in [0.5, 0.6) is 0 Å². The summed E-state index contributed by atoms with van der Waals surface area (Å²) in [5.74, 6) is 0.195. The van der Waals surface area contributed by atoms with Gasteiger partial charge in [0.1, 0.15) is 0 Å². The van der Waals surface area contributed by atoms with Crippen LogP contribution in [0.15, 0.2) is 0 Å². The maximum absolute atomic E-state index is 12.6. The molecule has 0 aromatic rings. The molecule has 0 radical (unpaired) electrons. The highest BCUT2D eigenvalue weighted by Crippen LogP contribution is 2.19. The predicted molar refractivity (Wildman–Crippen MR) is 81.9 cm³/mol. The molecule has 2 rings (SSSR count). The van der Waals surface area contributed by atoms with Crippen LogP contribution >= 0.6 is 0 Å². The lowest BCUT2D eigenvalue weighted by atomic mass is 10.1. The molecule has 0 aromatic carbocycles. The number of nitrogens with one attached hydrogen (secondary N) is 2. The second kappa shape index (κ2) is 6.75. The Morgan fingerprint density at radius 2 is 1.86 bits per heavy atom. The highest BCUT2D eigenvalue weighted by atomic mass is 16.2. The van der Waals surface area contributed by atoms with E-state index in [1.54, 1.807) is 0 Å². The topological polar surface area (TPSA) is 64.7 Å². The molecule has 0 spiro atoms. The molecule has 2 aliphatic heterocycles. The largest absolute Gasteiger partial charge is 0.350 e. The van der Waals surface area contributed by atoms with Crippen molar-refractivity contribution in [2.24, 2.45) is 0 Å². The van der Waals surface area contributed by atoms with Gasteiger partial charge in [0.15, 0.2) is 0 Å². The number of piperazine rings is 1. The van der Waals surface area contributed by atoms with Crippen LogP contribution in [0.2, 0.25) is 0 Å². The zero-order valence-corrected chi connectivity index (χ0v) is 13.4. The Morgan fingerprint density at radius 3 is 2.48 bits per heavy atom. The van der Waals surface area contributed by atoms with Gasteiger partial charge < -0.3 is 15.5 Å². The minimum Gasteiger partial charge on any atom is -0.350 e. The van der Waals surface area contributed by atoms with Gasteiger partial charge in [-0.05, 0) is 40.2 Å². The van der Waals surface area contributed by atoms with Gasteiger partial charge in [-0.2, -0.15) is 0 Å². The number of amides is 2. The minimum absolute atomic E-state index is 0.00232. The van der Waals surface area contributed by atoms with E-state index in [1.165, 1.54) is 0 Å². The monoisotopic (exact) mass is 296 g/mol. The summed E-state index contributed by atoms with van der Waals surface area (Å²) in [6, 6.07) is -0.117. The summed E-state index contributed by atoms with van der Waals surface area (Å²) in [6.45, 7) is 10.3. The maximum Gasteiger partial charge on any atom is 0.240 e. The number of hydrogen-bond acceptors (Lipinski definition) is 4. The van der Waals surface area contributed by atoms with Crippen molar-refractivity contribution in [2.45, 2.75) is 45.2 Å². The summed E-state index contributed by atoms with van der Waals surface area (Å²) in [6.07, 6.45) is 1.86. The number of nitrogens with zero attached hydrogens (tertiary/aromatic N) is 2. The summed E-state index contributed by atoms with van der Waals surface area (Å²) in [4.78, 5) is 28.6. The van der Waals surface area contributed by atoms with Crippen molar-refractivity contribution in [3.05, 3.63) is 0 Å². The second-order valence-corrected chi connectivity index (χ2v) is 7.00. The van der Waals surface area contributed by atoms with E-state index in [9.17, 15) is 9.59 Å². The summed E-state index contributed by atoms with van der Waals surface area (Å²) in [5, 5.41) is 6.23. The fraction of sp³-hybridized carbons (Fsp3) is 0.867. The molecule has 1 atom stereocenters. The molecule has 2 aliphatic rings. The van der Waals surface area contributed by atoms with E-state index in [0.29, 0.717) is 6.54 Å². The van der Waals surface area contributed by atoms with Crippen LogP contribution < -0.4 is 10.6 Å². The summed E-state index contributed by atoms with van der Waals surface area (Å²) in [7, 11) is 0. The van der Waals surface area contributed by atoms with Crippen LogP contribution in [0.4, 0.5) is 0 Å². The van der Waals surface area contributed by atoms with Crippen molar-refractivity contribution in [3.63, 3.8) is 0 Å². The van der Waals surface area contributed by atoms with Gasteiger partial charge in [0.2, 0.25) is 11.8 Å². The summed E-state index contributed by atoms with van der Waals surface area (Å²) >= 11 is 0. The van der Waals surface area contributed by atoms with Crippen molar-refractivity contribution < 1.29 is 9.59 Å². The quantitative estimate of drug-likeness (QED) is 0.757. The number of carbonyl (C=O) groups is 2. The van der Waals surface area contributed by atoms with E-state index in [2.05, 4.69) is 10.6 Å². The van der Waals surface area contributed by atoms with Crippen molar-refractivity contribution in [3.8, 4) is 0 Å². The number of rotatable bonds is 3. The lowest BCUT2D eigenvalue weighted by Crippen LogP contribution is -2.54. The molecule has 2 saturated heterocycles. The van der Waals surface area contributed by atoms with Gasteiger partial charge in [-0.1, -0.05) is 0 Å². The van der Waals surface area contributed by atoms with Gasteiger partial charge in [0, 0.05) is 31.7 Å². The molecule has 0 aromatic heterocycles. The molecule has 6 nitrogen and oxygen atoms in total. The SMILES string of the molecule is CC(C)(C)NC(=O)CN1CCCC1C(=O)N1CCNCC1. The first kappa shape index (κ1) is 16.2. The van der Waals surface area contributed by atoms with Crippen LogP contribution in [0, 0.1) is 0 Å². The number of carbonyl (C=O) groups excluding carboxylic acids is 2. The molecular weight excluding hydrogens is 268 g/mol. The zero-order valence-electron chi connectivity index (χ0n) is 13.4. The van der Waals surface area contributed by atoms with E-state index in [-0.39, 0.29) is 23.4 Å². The van der Waals surface area contributed by atoms with Gasteiger partial charge in [-0.25, -0.2) is 0 Å². The van der Waals surface area contributed by atoms with Crippen molar-refractivity contribution in [1.82, 2.24) is 20.4 Å². The third kappa shape index (κ3) is 4.68. The Hall–Kier alpha value is -1.14. The lowest BCUT2D eigenvalue weighted by molar-refractivity contribution is -0.137. The Bertz CT molecular complexity index is 386. The first-order chi connectivity index (χ1) is 9.87. The van der Waals surface area contributed by atoms with Gasteiger partial charge >= 0.3 is 0 Å². The van der Waals surface area contributed by atoms with E-state index in [4.69, 9.17) is 0 Å². The first-order valence-corrected chi connectivity index (χ1v) is 7.91. The Labute approximate surface area is 127 Å². The molecule has 0 bridgehead atoms. The van der Waals surface area contributed by atoms with Crippen LogP contribution in [-0.4, -0.2) is 72.5 Å². The van der Waals surface area contributed by atoms with Gasteiger partial charge in [0.25, 0.3) is 0 Å². The highest BCUT2D eigenvalue weighted by molar-refractivity contribution is 5.84. The fourth-order valence-corrected chi connectivity index (χ4v) is 3.03. The molecule has 2 N–H and O–H groups in total. The highest BCUT2D eigenvalue weighted by Gasteiger charge is 2.35. The Balaban J connectivity index is 1.90. The smallest absolute Gasteiger partial charge is 0.240 e. The standard InChI is InChI=1S/C15H28N4O2/c1-15(2,3)17-13(20)11-19-8-4-5-12(19)14(21)18-9-6-16-7-10-18/h12,16H,4-11H2,1-3H3,(H,17,20). The van der Waals surface area contributed by atoms with Gasteiger partial charge in [-0.15, -0.1) is 0 Å². The van der Waals surface area contributed by atoms with Crippen molar-refractivity contribution in [2.75, 3.05) is 39.3 Å². The van der Waals surface area contributed by atoms with Gasteiger partial charge in [0.05, 0.1) is 12.6 Å². The first-order valence-electron chi connectivity index (χ1n) is 7.91. The normalized spacial score (nSPS) is 24.1. The Kier molecular flexibility index (Phi) is 5.22. The molecule has 21 heavy (non-hydrogen) atoms. The molecule has 2 fully saturated rings. The van der Waals surface area contributed by atoms with E-state index >= 15 is 0 Å². The molecule has 0 saturated carbocycles. The average molecular weight is 296 g/mol. The molecule has 120 valence electrons. The molecule has 0 aliphatic carbocycles. The van der Waals surface area contributed by atoms with Crippen LogP contribution in [0.1, 0.15) is 33.6 Å². The lowest BCUT2D eigenvalue weighted by Gasteiger charge is -2.33. The molecule has 1 unspecified atom stereocenters. The molecule has 6 heteroatoms. The van der Waals surface area contributed by atoms with E-state index in [1.807, 2.05) is 30.6 Å². The van der Waals surface area contributed by atoms with Crippen molar-refractivity contribution in [1.29, 1.82) is 0 Å². The summed E-state index contributed by atoms with van der Waals surface area (Å²) in [5.41, 5.74) is -0.227. The Morgan fingerprint density at radius 1 is 1.19 bits per heavy atom. The van der Waals surface area contributed by atoms with E-state index < -0.39 is 0 Å². The van der Waals surface area contributed by atoms with Crippen LogP contribution in [0.3, 0.4) is 0 Å². The third-order valence-corrected chi connectivity index (χ3v) is 3.94. The average Bonchev–Trinajstić information content (AvgIpc) is 2.84. The fourth-order valence-electron chi connectivity index (χ4n) is 3.03. The van der Waals surface area contributed by atoms with E-state index in [0.717, 1.165) is 45.6 Å². The zero-order chi connectivity index (χ0) is 15.5. The number of hydrogen-bond donors (Lipinski definition) is 2. The number of likely N-dealkylation sites (tertiary alicyclic amines) is 1. The maximum atomic E-state index is 12.6. The second-order valence-electron chi connectivity index (χ2n) is 7.00. The molecular formula is C15H28N4O2. The minimum atomic E-state index is -0.227. The van der Waals surface area contributed by atoms with Crippen molar-refractivity contribution >= 4 is 11.8 Å². The van der Waals surface area contributed by atoms with Crippen LogP contribution in [-0.2, 0) is 9.59 Å². The predicted octanol–water partition coefficient (Wildman–Crippen LogP) is -0.203. The third-order valence-electron chi connectivity index (χ3n) is 3.94. The summed E-state index contributed by atoms with van der Waals surface area (Å²) < 4.78 is 0. The van der Waals surface area contributed by atoms with Crippen LogP contribution in [0.25, 0.3) is 0 Å². The van der Waals surface area contributed by atoms with Gasteiger partial charge in [-0.3, -0.25) is 14.5 Å². The molecule has 2 amide bonds.